The van der Waals surface area contributed by atoms with E-state index in [0.29, 0.717) is 12.2 Å². The van der Waals surface area contributed by atoms with Crippen molar-refractivity contribution in [2.24, 2.45) is 0 Å². The molecule has 0 aliphatic heterocycles. The number of hydrogen-bond acceptors (Lipinski definition) is 2. The molecular formula is C17H21BrN2O2. The number of allylic oxidation sites excluding steroid dienone is 1. The van der Waals surface area contributed by atoms with Crippen molar-refractivity contribution in [3.63, 3.8) is 0 Å². The molecule has 1 aromatic rings. The number of rotatable bonds is 4. The van der Waals surface area contributed by atoms with Crippen molar-refractivity contribution in [2.75, 3.05) is 11.9 Å². The third kappa shape index (κ3) is 4.98. The molecule has 0 bridgehead atoms. The van der Waals surface area contributed by atoms with E-state index in [2.05, 4.69) is 32.6 Å². The van der Waals surface area contributed by atoms with Gasteiger partial charge in [-0.05, 0) is 72.7 Å². The van der Waals surface area contributed by atoms with E-state index in [1.807, 2.05) is 19.1 Å². The first-order chi connectivity index (χ1) is 10.6. The molecule has 2 amide bonds. The van der Waals surface area contributed by atoms with Gasteiger partial charge in [0.25, 0.3) is 0 Å². The summed E-state index contributed by atoms with van der Waals surface area (Å²) in [7, 11) is 0. The molecule has 0 unspecified atom stereocenters. The molecule has 0 spiro atoms. The monoisotopic (exact) mass is 364 g/mol. The van der Waals surface area contributed by atoms with E-state index in [4.69, 9.17) is 0 Å². The van der Waals surface area contributed by atoms with Crippen molar-refractivity contribution in [1.29, 1.82) is 0 Å². The van der Waals surface area contributed by atoms with Crippen molar-refractivity contribution < 1.29 is 9.59 Å². The van der Waals surface area contributed by atoms with Gasteiger partial charge in [-0.15, -0.1) is 0 Å². The molecule has 2 N–H and O–H groups in total. The maximum absolute atomic E-state index is 11.9. The standard InChI is InChI=1S/C17H21BrN2O2/c1-12-7-8-15(14(18)11-12)20-17(22)16(21)19-10-9-13-5-3-2-4-6-13/h5,7-8,11H,2-4,6,9-10H2,1H3,(H,19,21)(H,20,22). The second-order valence-electron chi connectivity index (χ2n) is 5.55. The van der Waals surface area contributed by atoms with E-state index < -0.39 is 11.8 Å². The van der Waals surface area contributed by atoms with Gasteiger partial charge in [0.2, 0.25) is 0 Å². The van der Waals surface area contributed by atoms with Crippen LogP contribution in [0.4, 0.5) is 5.69 Å². The van der Waals surface area contributed by atoms with Gasteiger partial charge >= 0.3 is 11.8 Å². The summed E-state index contributed by atoms with van der Waals surface area (Å²) in [5, 5.41) is 5.29. The maximum atomic E-state index is 11.9. The molecule has 5 heteroatoms. The first-order valence-electron chi connectivity index (χ1n) is 7.59. The summed E-state index contributed by atoms with van der Waals surface area (Å²) in [5.74, 6) is -1.23. The van der Waals surface area contributed by atoms with E-state index in [9.17, 15) is 9.59 Å². The quantitative estimate of drug-likeness (QED) is 0.631. The number of carbonyl (C=O) groups is 2. The average molecular weight is 365 g/mol. The first-order valence-corrected chi connectivity index (χ1v) is 8.39. The summed E-state index contributed by atoms with van der Waals surface area (Å²) in [6.45, 7) is 2.47. The van der Waals surface area contributed by atoms with Crippen molar-refractivity contribution in [3.05, 3.63) is 39.9 Å². The molecule has 1 aliphatic carbocycles. The second kappa shape index (κ2) is 8.13. The van der Waals surface area contributed by atoms with Crippen LogP contribution in [-0.4, -0.2) is 18.4 Å². The Hall–Kier alpha value is -1.62. The molecule has 4 nitrogen and oxygen atoms in total. The first kappa shape index (κ1) is 16.7. The molecule has 1 aliphatic rings. The minimum atomic E-state index is -0.637. The van der Waals surface area contributed by atoms with Gasteiger partial charge in [-0.25, -0.2) is 0 Å². The minimum absolute atomic E-state index is 0.507. The summed E-state index contributed by atoms with van der Waals surface area (Å²) in [6, 6.07) is 5.55. The van der Waals surface area contributed by atoms with Gasteiger partial charge in [-0.3, -0.25) is 9.59 Å². The summed E-state index contributed by atoms with van der Waals surface area (Å²) in [4.78, 5) is 23.7. The number of anilines is 1. The van der Waals surface area contributed by atoms with Gasteiger partial charge in [0, 0.05) is 11.0 Å². The summed E-state index contributed by atoms with van der Waals surface area (Å²) >= 11 is 3.38. The molecule has 1 aromatic carbocycles. The molecule has 0 heterocycles. The average Bonchev–Trinajstić information content (AvgIpc) is 2.51. The second-order valence-corrected chi connectivity index (χ2v) is 6.41. The lowest BCUT2D eigenvalue weighted by molar-refractivity contribution is -0.136. The van der Waals surface area contributed by atoms with E-state index in [1.54, 1.807) is 6.07 Å². The fraction of sp³-hybridized carbons (Fsp3) is 0.412. The van der Waals surface area contributed by atoms with Gasteiger partial charge in [-0.1, -0.05) is 17.7 Å². The Bertz CT molecular complexity index is 596. The van der Waals surface area contributed by atoms with Gasteiger partial charge in [0.1, 0.15) is 0 Å². The highest BCUT2D eigenvalue weighted by Gasteiger charge is 2.14. The van der Waals surface area contributed by atoms with Crippen LogP contribution in [0.5, 0.6) is 0 Å². The zero-order valence-electron chi connectivity index (χ0n) is 12.7. The lowest BCUT2D eigenvalue weighted by Crippen LogP contribution is -2.36. The number of aryl methyl sites for hydroxylation is 1. The van der Waals surface area contributed by atoms with E-state index >= 15 is 0 Å². The van der Waals surface area contributed by atoms with Gasteiger partial charge in [0.15, 0.2) is 0 Å². The molecule has 118 valence electrons. The number of carbonyl (C=O) groups excluding carboxylic acids is 2. The zero-order valence-corrected chi connectivity index (χ0v) is 14.3. The predicted octanol–water partition coefficient (Wildman–Crippen LogP) is 3.70. The highest BCUT2D eigenvalue weighted by molar-refractivity contribution is 9.10. The van der Waals surface area contributed by atoms with Gasteiger partial charge < -0.3 is 10.6 Å². The van der Waals surface area contributed by atoms with E-state index in [1.165, 1.54) is 18.4 Å². The molecule has 0 radical (unpaired) electrons. The highest BCUT2D eigenvalue weighted by atomic mass is 79.9. The molecule has 0 saturated carbocycles. The maximum Gasteiger partial charge on any atom is 0.313 e. The molecular weight excluding hydrogens is 344 g/mol. The zero-order chi connectivity index (χ0) is 15.9. The van der Waals surface area contributed by atoms with Crippen LogP contribution in [0.1, 0.15) is 37.7 Å². The number of benzene rings is 1. The SMILES string of the molecule is Cc1ccc(NC(=O)C(=O)NCCC2=CCCCC2)c(Br)c1. The van der Waals surface area contributed by atoms with Crippen molar-refractivity contribution >= 4 is 33.4 Å². The lowest BCUT2D eigenvalue weighted by atomic mass is 9.97. The molecule has 0 atom stereocenters. The Balaban J connectivity index is 1.79. The normalized spacial score (nSPS) is 14.2. The fourth-order valence-electron chi connectivity index (χ4n) is 2.45. The Morgan fingerprint density at radius 2 is 2.05 bits per heavy atom. The highest BCUT2D eigenvalue weighted by Crippen LogP contribution is 2.23. The van der Waals surface area contributed by atoms with Gasteiger partial charge in [-0.2, -0.15) is 0 Å². The Morgan fingerprint density at radius 3 is 2.73 bits per heavy atom. The smallest absolute Gasteiger partial charge is 0.313 e. The number of hydrogen-bond donors (Lipinski definition) is 2. The largest absolute Gasteiger partial charge is 0.348 e. The van der Waals surface area contributed by atoms with Crippen molar-refractivity contribution in [1.82, 2.24) is 5.32 Å². The predicted molar refractivity (Wildman–Crippen MR) is 91.7 cm³/mol. The summed E-state index contributed by atoms with van der Waals surface area (Å²) < 4.78 is 0.765. The Morgan fingerprint density at radius 1 is 1.23 bits per heavy atom. The molecule has 0 saturated heterocycles. The van der Waals surface area contributed by atoms with Crippen LogP contribution in [-0.2, 0) is 9.59 Å². The van der Waals surface area contributed by atoms with Crippen LogP contribution in [0.15, 0.2) is 34.3 Å². The third-order valence-electron chi connectivity index (χ3n) is 3.70. The van der Waals surface area contributed by atoms with Crippen molar-refractivity contribution in [2.45, 2.75) is 39.0 Å². The van der Waals surface area contributed by atoms with Crippen molar-refractivity contribution in [3.8, 4) is 0 Å². The minimum Gasteiger partial charge on any atom is -0.348 e. The summed E-state index contributed by atoms with van der Waals surface area (Å²) in [5.41, 5.74) is 3.06. The number of halogens is 1. The Labute approximate surface area is 139 Å². The molecule has 0 aromatic heterocycles. The topological polar surface area (TPSA) is 58.2 Å². The molecule has 2 rings (SSSR count). The van der Waals surface area contributed by atoms with Crippen LogP contribution < -0.4 is 10.6 Å². The van der Waals surface area contributed by atoms with Crippen LogP contribution >= 0.6 is 15.9 Å². The molecule has 0 fully saturated rings. The lowest BCUT2D eigenvalue weighted by Gasteiger charge is -2.13. The van der Waals surface area contributed by atoms with Gasteiger partial charge in [0.05, 0.1) is 5.69 Å². The van der Waals surface area contributed by atoms with Crippen LogP contribution in [0.3, 0.4) is 0 Å². The third-order valence-corrected chi connectivity index (χ3v) is 4.35. The summed E-state index contributed by atoms with van der Waals surface area (Å²) in [6.07, 6.45) is 7.79. The fourth-order valence-corrected chi connectivity index (χ4v) is 3.04. The number of nitrogens with one attached hydrogen (secondary N) is 2. The van der Waals surface area contributed by atoms with E-state index in [0.717, 1.165) is 29.3 Å². The van der Waals surface area contributed by atoms with Crippen LogP contribution in [0.25, 0.3) is 0 Å². The van der Waals surface area contributed by atoms with Crippen LogP contribution in [0, 0.1) is 6.92 Å². The number of amides is 2. The Kier molecular flexibility index (Phi) is 6.19. The van der Waals surface area contributed by atoms with Crippen LogP contribution in [0.2, 0.25) is 0 Å². The van der Waals surface area contributed by atoms with E-state index in [-0.39, 0.29) is 0 Å². The molecule has 22 heavy (non-hydrogen) atoms.